The predicted molar refractivity (Wildman–Crippen MR) is 71.2 cm³/mol. The van der Waals surface area contributed by atoms with E-state index in [4.69, 9.17) is 0 Å². The van der Waals surface area contributed by atoms with Crippen LogP contribution in [0.3, 0.4) is 0 Å². The van der Waals surface area contributed by atoms with Crippen LogP contribution in [0.1, 0.15) is 23.6 Å². The molecule has 0 saturated heterocycles. The van der Waals surface area contributed by atoms with Crippen LogP contribution >= 0.6 is 0 Å². The van der Waals surface area contributed by atoms with E-state index in [1.807, 2.05) is 6.92 Å². The molecule has 1 unspecified atom stereocenters. The molecule has 0 saturated carbocycles. The Hall–Kier alpha value is -1.35. The molecule has 1 rings (SSSR count). The van der Waals surface area contributed by atoms with Crippen LogP contribution in [-0.4, -0.2) is 25.5 Å². The second-order valence-electron chi connectivity index (χ2n) is 4.70. The molecule has 0 aliphatic carbocycles. The molecular formula is C14H22N2O. The molecule has 0 aliphatic rings. The molecule has 0 aromatic heterocycles. The lowest BCUT2D eigenvalue weighted by molar-refractivity contribution is -0.120. The van der Waals surface area contributed by atoms with E-state index in [1.165, 1.54) is 16.7 Å². The van der Waals surface area contributed by atoms with Gasteiger partial charge in [-0.2, -0.15) is 0 Å². The Morgan fingerprint density at radius 1 is 1.24 bits per heavy atom. The summed E-state index contributed by atoms with van der Waals surface area (Å²) in [5, 5.41) is 5.81. The van der Waals surface area contributed by atoms with E-state index in [2.05, 4.69) is 42.7 Å². The van der Waals surface area contributed by atoms with Crippen LogP contribution in [0, 0.1) is 13.8 Å². The standard InChI is InChI=1S/C14H22N2O/c1-10-5-11(2)7-13(6-10)8-12(3)16-14(17)9-15-4/h5-7,12,15H,8-9H2,1-4H3,(H,16,17). The normalized spacial score (nSPS) is 12.2. The number of hydrogen-bond donors (Lipinski definition) is 2. The number of nitrogens with one attached hydrogen (secondary N) is 2. The fourth-order valence-electron chi connectivity index (χ4n) is 2.08. The Balaban J connectivity index is 2.55. The highest BCUT2D eigenvalue weighted by molar-refractivity contribution is 5.78. The van der Waals surface area contributed by atoms with Gasteiger partial charge < -0.3 is 10.6 Å². The van der Waals surface area contributed by atoms with Crippen LogP contribution in [0.25, 0.3) is 0 Å². The van der Waals surface area contributed by atoms with Gasteiger partial charge in [-0.05, 0) is 39.8 Å². The summed E-state index contributed by atoms with van der Waals surface area (Å²) < 4.78 is 0. The summed E-state index contributed by atoms with van der Waals surface area (Å²) >= 11 is 0. The molecule has 0 fully saturated rings. The maximum absolute atomic E-state index is 11.4. The van der Waals surface area contributed by atoms with Gasteiger partial charge in [-0.15, -0.1) is 0 Å². The number of rotatable bonds is 5. The highest BCUT2D eigenvalue weighted by Gasteiger charge is 2.07. The smallest absolute Gasteiger partial charge is 0.234 e. The average molecular weight is 234 g/mol. The maximum atomic E-state index is 11.4. The molecule has 3 heteroatoms. The molecule has 1 amide bonds. The van der Waals surface area contributed by atoms with Crippen LogP contribution in [0.15, 0.2) is 18.2 Å². The van der Waals surface area contributed by atoms with Crippen molar-refractivity contribution in [2.75, 3.05) is 13.6 Å². The van der Waals surface area contributed by atoms with Gasteiger partial charge in [0.25, 0.3) is 0 Å². The first-order chi connectivity index (χ1) is 8.01. The fourth-order valence-corrected chi connectivity index (χ4v) is 2.08. The van der Waals surface area contributed by atoms with Gasteiger partial charge in [0.1, 0.15) is 0 Å². The first kappa shape index (κ1) is 13.7. The third-order valence-corrected chi connectivity index (χ3v) is 2.57. The van der Waals surface area contributed by atoms with E-state index < -0.39 is 0 Å². The molecule has 94 valence electrons. The molecule has 0 bridgehead atoms. The molecule has 1 aromatic carbocycles. The molecule has 0 heterocycles. The summed E-state index contributed by atoms with van der Waals surface area (Å²) in [6.45, 7) is 6.60. The van der Waals surface area contributed by atoms with Crippen molar-refractivity contribution in [3.63, 3.8) is 0 Å². The van der Waals surface area contributed by atoms with Crippen molar-refractivity contribution < 1.29 is 4.79 Å². The molecule has 0 spiro atoms. The van der Waals surface area contributed by atoms with Crippen molar-refractivity contribution in [3.8, 4) is 0 Å². The first-order valence-corrected chi connectivity index (χ1v) is 6.02. The quantitative estimate of drug-likeness (QED) is 0.812. The number of hydrogen-bond acceptors (Lipinski definition) is 2. The third kappa shape index (κ3) is 5.00. The topological polar surface area (TPSA) is 41.1 Å². The van der Waals surface area contributed by atoms with Gasteiger partial charge in [-0.3, -0.25) is 4.79 Å². The number of carbonyl (C=O) groups excluding carboxylic acids is 1. The Kier molecular flexibility index (Phi) is 5.16. The van der Waals surface area contributed by atoms with Gasteiger partial charge in [0.15, 0.2) is 0 Å². The fraction of sp³-hybridized carbons (Fsp3) is 0.500. The van der Waals surface area contributed by atoms with Gasteiger partial charge in [-0.25, -0.2) is 0 Å². The lowest BCUT2D eigenvalue weighted by atomic mass is 10.0. The largest absolute Gasteiger partial charge is 0.352 e. The van der Waals surface area contributed by atoms with Crippen molar-refractivity contribution in [1.82, 2.24) is 10.6 Å². The zero-order valence-electron chi connectivity index (χ0n) is 11.1. The number of likely N-dealkylation sites (N-methyl/N-ethyl adjacent to an activating group) is 1. The summed E-state index contributed by atoms with van der Waals surface area (Å²) in [7, 11) is 1.77. The summed E-state index contributed by atoms with van der Waals surface area (Å²) in [4.78, 5) is 11.4. The molecule has 3 nitrogen and oxygen atoms in total. The first-order valence-electron chi connectivity index (χ1n) is 6.02. The minimum atomic E-state index is 0.0457. The number of carbonyl (C=O) groups is 1. The molecule has 1 atom stereocenters. The van der Waals surface area contributed by atoms with Crippen molar-refractivity contribution in [1.29, 1.82) is 0 Å². The lowest BCUT2D eigenvalue weighted by Crippen LogP contribution is -2.39. The second-order valence-corrected chi connectivity index (χ2v) is 4.70. The van der Waals surface area contributed by atoms with Crippen LogP contribution in [0.5, 0.6) is 0 Å². The maximum Gasteiger partial charge on any atom is 0.234 e. The van der Waals surface area contributed by atoms with Crippen LogP contribution in [-0.2, 0) is 11.2 Å². The highest BCUT2D eigenvalue weighted by atomic mass is 16.1. The SMILES string of the molecule is CNCC(=O)NC(C)Cc1cc(C)cc(C)c1. The number of amides is 1. The summed E-state index contributed by atoms with van der Waals surface area (Å²) in [6, 6.07) is 6.67. The Morgan fingerprint density at radius 2 is 1.82 bits per heavy atom. The Bertz CT molecular complexity index is 368. The lowest BCUT2D eigenvalue weighted by Gasteiger charge is -2.14. The number of benzene rings is 1. The van der Waals surface area contributed by atoms with Crippen molar-refractivity contribution in [2.24, 2.45) is 0 Å². The monoisotopic (exact) mass is 234 g/mol. The summed E-state index contributed by atoms with van der Waals surface area (Å²) in [5.74, 6) is 0.0457. The van der Waals surface area contributed by atoms with E-state index in [0.29, 0.717) is 6.54 Å². The molecule has 0 radical (unpaired) electrons. The summed E-state index contributed by atoms with van der Waals surface area (Å²) in [5.41, 5.74) is 3.82. The van der Waals surface area contributed by atoms with Gasteiger partial charge in [0.2, 0.25) is 5.91 Å². The number of aryl methyl sites for hydroxylation is 2. The van der Waals surface area contributed by atoms with Crippen LogP contribution < -0.4 is 10.6 Å². The molecule has 17 heavy (non-hydrogen) atoms. The van der Waals surface area contributed by atoms with Crippen molar-refractivity contribution >= 4 is 5.91 Å². The Labute approximate surface area is 104 Å². The van der Waals surface area contributed by atoms with Gasteiger partial charge in [-0.1, -0.05) is 29.3 Å². The van der Waals surface area contributed by atoms with Gasteiger partial charge in [0, 0.05) is 6.04 Å². The zero-order chi connectivity index (χ0) is 12.8. The minimum absolute atomic E-state index is 0.0457. The van der Waals surface area contributed by atoms with E-state index >= 15 is 0 Å². The van der Waals surface area contributed by atoms with Crippen molar-refractivity contribution in [2.45, 2.75) is 33.2 Å². The Morgan fingerprint density at radius 3 is 2.35 bits per heavy atom. The predicted octanol–water partition coefficient (Wildman–Crippen LogP) is 1.57. The van der Waals surface area contributed by atoms with Crippen LogP contribution in [0.2, 0.25) is 0 Å². The third-order valence-electron chi connectivity index (χ3n) is 2.57. The van der Waals surface area contributed by atoms with Gasteiger partial charge >= 0.3 is 0 Å². The minimum Gasteiger partial charge on any atom is -0.352 e. The second kappa shape index (κ2) is 6.40. The highest BCUT2D eigenvalue weighted by Crippen LogP contribution is 2.10. The van der Waals surface area contributed by atoms with E-state index in [0.717, 1.165) is 6.42 Å². The zero-order valence-corrected chi connectivity index (χ0v) is 11.1. The van der Waals surface area contributed by atoms with Gasteiger partial charge in [0.05, 0.1) is 6.54 Å². The molecule has 1 aromatic rings. The molecule has 2 N–H and O–H groups in total. The average Bonchev–Trinajstić information content (AvgIpc) is 2.14. The summed E-state index contributed by atoms with van der Waals surface area (Å²) in [6.07, 6.45) is 0.873. The van der Waals surface area contributed by atoms with E-state index in [9.17, 15) is 4.79 Å². The van der Waals surface area contributed by atoms with E-state index in [-0.39, 0.29) is 11.9 Å². The van der Waals surface area contributed by atoms with E-state index in [1.54, 1.807) is 7.05 Å². The molecule has 0 aliphatic heterocycles. The van der Waals surface area contributed by atoms with Crippen LogP contribution in [0.4, 0.5) is 0 Å². The molecular weight excluding hydrogens is 212 g/mol. The van der Waals surface area contributed by atoms with Crippen molar-refractivity contribution in [3.05, 3.63) is 34.9 Å².